The van der Waals surface area contributed by atoms with Gasteiger partial charge in [0.25, 0.3) is 0 Å². The molecule has 0 spiro atoms. The van der Waals surface area contributed by atoms with Crippen molar-refractivity contribution in [3.8, 4) is 0 Å². The fraction of sp³-hybridized carbons (Fsp3) is 0.182. The van der Waals surface area contributed by atoms with Crippen molar-refractivity contribution in [3.63, 3.8) is 0 Å². The Balaban J connectivity index is 3.19. The first-order valence-electron chi connectivity index (χ1n) is 4.17. The van der Waals surface area contributed by atoms with Crippen molar-refractivity contribution in [1.82, 2.24) is 0 Å². The van der Waals surface area contributed by atoms with E-state index < -0.39 is 0 Å². The first kappa shape index (κ1) is 9.52. The summed E-state index contributed by atoms with van der Waals surface area (Å²) in [5.74, 6) is 0. The van der Waals surface area contributed by atoms with Crippen LogP contribution in [0.25, 0.3) is 0 Å². The van der Waals surface area contributed by atoms with E-state index in [1.165, 1.54) is 0 Å². The van der Waals surface area contributed by atoms with Gasteiger partial charge in [0.2, 0.25) is 0 Å². The van der Waals surface area contributed by atoms with Crippen LogP contribution in [0.5, 0.6) is 0 Å². The number of allylic oxidation sites excluding steroid dienone is 1. The number of hydrogen-bond donors (Lipinski definition) is 1. The lowest BCUT2D eigenvalue weighted by atomic mass is 10.1. The minimum atomic E-state index is 0.788. The minimum absolute atomic E-state index is 0.788. The molecule has 0 unspecified atom stereocenters. The van der Waals surface area contributed by atoms with Gasteiger partial charge in [0.15, 0.2) is 0 Å². The average molecular weight is 174 g/mol. The van der Waals surface area contributed by atoms with E-state index >= 15 is 0 Å². The SMILES string of the molecule is C=CC=Nc1cc(C)cc(N)c1C. The summed E-state index contributed by atoms with van der Waals surface area (Å²) in [4.78, 5) is 4.22. The van der Waals surface area contributed by atoms with E-state index in [9.17, 15) is 0 Å². The molecular formula is C11H14N2. The molecule has 0 bridgehead atoms. The molecule has 2 nitrogen and oxygen atoms in total. The Hall–Kier alpha value is -1.57. The van der Waals surface area contributed by atoms with E-state index in [0.29, 0.717) is 0 Å². The lowest BCUT2D eigenvalue weighted by Crippen LogP contribution is -1.90. The summed E-state index contributed by atoms with van der Waals surface area (Å²) in [6.45, 7) is 7.54. The fourth-order valence-electron chi connectivity index (χ4n) is 1.13. The smallest absolute Gasteiger partial charge is 0.0681 e. The predicted molar refractivity (Wildman–Crippen MR) is 58.7 cm³/mol. The predicted octanol–water partition coefficient (Wildman–Crippen LogP) is 2.77. The van der Waals surface area contributed by atoms with Gasteiger partial charge in [-0.1, -0.05) is 12.7 Å². The van der Waals surface area contributed by atoms with Crippen molar-refractivity contribution in [3.05, 3.63) is 35.9 Å². The third kappa shape index (κ3) is 2.18. The molecule has 2 heteroatoms. The first-order valence-corrected chi connectivity index (χ1v) is 4.17. The molecule has 0 aliphatic heterocycles. The largest absolute Gasteiger partial charge is 0.398 e. The number of nitrogens with zero attached hydrogens (tertiary/aromatic N) is 1. The fourth-order valence-corrected chi connectivity index (χ4v) is 1.13. The van der Waals surface area contributed by atoms with Crippen LogP contribution in [0.1, 0.15) is 11.1 Å². The van der Waals surface area contributed by atoms with Crippen LogP contribution < -0.4 is 5.73 Å². The second-order valence-electron chi connectivity index (χ2n) is 3.01. The van der Waals surface area contributed by atoms with Crippen LogP contribution >= 0.6 is 0 Å². The van der Waals surface area contributed by atoms with Crippen molar-refractivity contribution in [2.75, 3.05) is 5.73 Å². The molecule has 0 atom stereocenters. The number of rotatable bonds is 2. The molecule has 1 aromatic carbocycles. The highest BCUT2D eigenvalue weighted by atomic mass is 14.7. The quantitative estimate of drug-likeness (QED) is 0.543. The number of aryl methyl sites for hydroxylation is 1. The molecule has 1 rings (SSSR count). The molecule has 1 aromatic rings. The molecular weight excluding hydrogens is 160 g/mol. The van der Waals surface area contributed by atoms with E-state index in [2.05, 4.69) is 11.6 Å². The second kappa shape index (κ2) is 3.90. The summed E-state index contributed by atoms with van der Waals surface area (Å²) in [7, 11) is 0. The average Bonchev–Trinajstić information content (AvgIpc) is 2.09. The minimum Gasteiger partial charge on any atom is -0.398 e. The first-order chi connectivity index (χ1) is 6.15. The van der Waals surface area contributed by atoms with Gasteiger partial charge in [-0.15, -0.1) is 0 Å². The summed E-state index contributed by atoms with van der Waals surface area (Å²) >= 11 is 0. The Kier molecular flexibility index (Phi) is 2.85. The summed E-state index contributed by atoms with van der Waals surface area (Å²) < 4.78 is 0. The maximum Gasteiger partial charge on any atom is 0.0681 e. The van der Waals surface area contributed by atoms with Gasteiger partial charge < -0.3 is 5.73 Å². The Labute approximate surface area is 78.8 Å². The second-order valence-corrected chi connectivity index (χ2v) is 3.01. The van der Waals surface area contributed by atoms with Gasteiger partial charge in [-0.05, 0) is 37.1 Å². The highest BCUT2D eigenvalue weighted by Crippen LogP contribution is 2.25. The highest BCUT2D eigenvalue weighted by Gasteiger charge is 2.00. The van der Waals surface area contributed by atoms with Gasteiger partial charge in [0, 0.05) is 11.9 Å². The third-order valence-corrected chi connectivity index (χ3v) is 1.88. The summed E-state index contributed by atoms with van der Waals surface area (Å²) in [5.41, 5.74) is 9.64. The van der Waals surface area contributed by atoms with Crippen molar-refractivity contribution in [1.29, 1.82) is 0 Å². The monoisotopic (exact) mass is 174 g/mol. The molecule has 13 heavy (non-hydrogen) atoms. The molecule has 0 heterocycles. The van der Waals surface area contributed by atoms with Crippen LogP contribution in [0.3, 0.4) is 0 Å². The Bertz CT molecular complexity index is 351. The highest BCUT2D eigenvalue weighted by molar-refractivity contribution is 5.76. The molecule has 0 aliphatic rings. The van der Waals surface area contributed by atoms with Crippen LogP contribution in [0.15, 0.2) is 29.8 Å². The lowest BCUT2D eigenvalue weighted by Gasteiger charge is -2.05. The van der Waals surface area contributed by atoms with Crippen molar-refractivity contribution >= 4 is 17.6 Å². The van der Waals surface area contributed by atoms with Crippen LogP contribution in [-0.4, -0.2) is 6.21 Å². The zero-order chi connectivity index (χ0) is 9.84. The van der Waals surface area contributed by atoms with Gasteiger partial charge in [0.1, 0.15) is 0 Å². The van der Waals surface area contributed by atoms with Gasteiger partial charge in [-0.25, -0.2) is 0 Å². The normalized spacial score (nSPS) is 10.6. The molecule has 0 fully saturated rings. The number of aliphatic imine (C=N–C) groups is 1. The summed E-state index contributed by atoms with van der Waals surface area (Å²) in [6.07, 6.45) is 3.32. The Morgan fingerprint density at radius 3 is 2.69 bits per heavy atom. The number of nitrogen functional groups attached to an aromatic ring is 1. The maximum absolute atomic E-state index is 5.79. The molecule has 0 saturated heterocycles. The number of hydrogen-bond acceptors (Lipinski definition) is 2. The Morgan fingerprint density at radius 2 is 2.08 bits per heavy atom. The van der Waals surface area contributed by atoms with E-state index in [0.717, 1.165) is 22.5 Å². The molecule has 0 aromatic heterocycles. The van der Waals surface area contributed by atoms with Crippen LogP contribution in [0, 0.1) is 13.8 Å². The third-order valence-electron chi connectivity index (χ3n) is 1.88. The molecule has 0 amide bonds. The van der Waals surface area contributed by atoms with E-state index in [-0.39, 0.29) is 0 Å². The topological polar surface area (TPSA) is 38.4 Å². The van der Waals surface area contributed by atoms with Gasteiger partial charge in [-0.3, -0.25) is 4.99 Å². The molecule has 68 valence electrons. The summed E-state index contributed by atoms with van der Waals surface area (Å²) in [6, 6.07) is 3.95. The maximum atomic E-state index is 5.79. The summed E-state index contributed by atoms with van der Waals surface area (Å²) in [5, 5.41) is 0. The van der Waals surface area contributed by atoms with Crippen molar-refractivity contribution < 1.29 is 0 Å². The van der Waals surface area contributed by atoms with E-state index in [1.807, 2.05) is 26.0 Å². The number of anilines is 1. The molecule has 0 aliphatic carbocycles. The zero-order valence-electron chi connectivity index (χ0n) is 8.04. The van der Waals surface area contributed by atoms with Crippen molar-refractivity contribution in [2.24, 2.45) is 4.99 Å². The lowest BCUT2D eigenvalue weighted by molar-refractivity contribution is 1.36. The van der Waals surface area contributed by atoms with Crippen molar-refractivity contribution in [2.45, 2.75) is 13.8 Å². The standard InChI is InChI=1S/C11H14N2/c1-4-5-13-11-7-8(2)6-10(12)9(11)3/h4-7H,1,12H2,2-3H3. The van der Waals surface area contributed by atoms with Crippen LogP contribution in [0.4, 0.5) is 11.4 Å². The molecule has 2 N–H and O–H groups in total. The van der Waals surface area contributed by atoms with E-state index in [1.54, 1.807) is 12.3 Å². The van der Waals surface area contributed by atoms with Gasteiger partial charge in [0.05, 0.1) is 5.69 Å². The van der Waals surface area contributed by atoms with E-state index in [4.69, 9.17) is 5.73 Å². The zero-order valence-corrected chi connectivity index (χ0v) is 8.04. The van der Waals surface area contributed by atoms with Gasteiger partial charge in [-0.2, -0.15) is 0 Å². The number of nitrogens with two attached hydrogens (primary N) is 1. The van der Waals surface area contributed by atoms with Crippen LogP contribution in [0.2, 0.25) is 0 Å². The molecule has 0 saturated carbocycles. The number of benzene rings is 1. The van der Waals surface area contributed by atoms with Crippen LogP contribution in [-0.2, 0) is 0 Å². The Morgan fingerprint density at radius 1 is 1.38 bits per heavy atom. The molecule has 0 radical (unpaired) electrons. The van der Waals surface area contributed by atoms with Gasteiger partial charge >= 0.3 is 0 Å².